The highest BCUT2D eigenvalue weighted by Gasteiger charge is 2.07. The summed E-state index contributed by atoms with van der Waals surface area (Å²) in [5.74, 6) is 0.870. The highest BCUT2D eigenvalue weighted by Crippen LogP contribution is 2.15. The van der Waals surface area contributed by atoms with Crippen molar-refractivity contribution in [3.63, 3.8) is 0 Å². The van der Waals surface area contributed by atoms with Crippen LogP contribution in [0.5, 0.6) is 5.75 Å². The van der Waals surface area contributed by atoms with Gasteiger partial charge in [0.25, 0.3) is 0 Å². The number of aryl methyl sites for hydroxylation is 1. The number of rotatable bonds is 6. The molecule has 2 amide bonds. The zero-order chi connectivity index (χ0) is 13.4. The number of para-hydroxylation sites is 1. The van der Waals surface area contributed by atoms with Gasteiger partial charge in [-0.3, -0.25) is 0 Å². The second-order valence-electron chi connectivity index (χ2n) is 4.02. The summed E-state index contributed by atoms with van der Waals surface area (Å²) in [5, 5.41) is 2.84. The minimum Gasteiger partial charge on any atom is -0.491 e. The van der Waals surface area contributed by atoms with Crippen molar-refractivity contribution < 1.29 is 9.53 Å². The molecule has 0 radical (unpaired) electrons. The first-order valence-corrected chi connectivity index (χ1v) is 6.40. The van der Waals surface area contributed by atoms with E-state index in [9.17, 15) is 4.79 Å². The summed E-state index contributed by atoms with van der Waals surface area (Å²) in [7, 11) is 0. The van der Waals surface area contributed by atoms with Crippen molar-refractivity contribution in [2.24, 2.45) is 0 Å². The van der Waals surface area contributed by atoms with Crippen LogP contribution in [0.3, 0.4) is 0 Å². The Morgan fingerprint density at radius 2 is 1.94 bits per heavy atom. The predicted molar refractivity (Wildman–Crippen MR) is 73.0 cm³/mol. The summed E-state index contributed by atoms with van der Waals surface area (Å²) in [6.45, 7) is 8.38. The number of carbonyl (C=O) groups excluding carboxylic acids is 1. The fourth-order valence-electron chi connectivity index (χ4n) is 1.66. The molecule has 0 aliphatic carbocycles. The Labute approximate surface area is 109 Å². The Hall–Kier alpha value is -1.71. The van der Waals surface area contributed by atoms with Crippen molar-refractivity contribution in [3.8, 4) is 5.75 Å². The molecule has 100 valence electrons. The molecular weight excluding hydrogens is 228 g/mol. The fraction of sp³-hybridized carbons (Fsp3) is 0.500. The third-order valence-corrected chi connectivity index (χ3v) is 2.78. The van der Waals surface area contributed by atoms with Gasteiger partial charge in [-0.25, -0.2) is 4.79 Å². The normalized spacial score (nSPS) is 9.94. The molecule has 0 spiro atoms. The minimum atomic E-state index is -0.0339. The number of benzene rings is 1. The quantitative estimate of drug-likeness (QED) is 0.788. The lowest BCUT2D eigenvalue weighted by molar-refractivity contribution is 0.200. The number of amides is 2. The summed E-state index contributed by atoms with van der Waals surface area (Å²) in [5.41, 5.74) is 1.10. The van der Waals surface area contributed by atoms with Crippen molar-refractivity contribution in [2.75, 3.05) is 26.2 Å². The molecule has 1 N–H and O–H groups in total. The Bertz CT molecular complexity index is 376. The van der Waals surface area contributed by atoms with Gasteiger partial charge in [-0.15, -0.1) is 0 Å². The van der Waals surface area contributed by atoms with E-state index in [1.165, 1.54) is 0 Å². The summed E-state index contributed by atoms with van der Waals surface area (Å²) in [6, 6.07) is 7.82. The molecule has 1 aromatic rings. The van der Waals surface area contributed by atoms with Gasteiger partial charge < -0.3 is 15.0 Å². The van der Waals surface area contributed by atoms with Crippen LogP contribution in [0.4, 0.5) is 4.79 Å². The molecule has 0 saturated carbocycles. The Morgan fingerprint density at radius 1 is 1.28 bits per heavy atom. The molecule has 0 bridgehead atoms. The molecule has 0 aliphatic heterocycles. The van der Waals surface area contributed by atoms with Gasteiger partial charge >= 0.3 is 6.03 Å². The van der Waals surface area contributed by atoms with Crippen LogP contribution in [-0.4, -0.2) is 37.2 Å². The first-order valence-electron chi connectivity index (χ1n) is 6.40. The van der Waals surface area contributed by atoms with Gasteiger partial charge in [0.2, 0.25) is 0 Å². The largest absolute Gasteiger partial charge is 0.491 e. The number of hydrogen-bond donors (Lipinski definition) is 1. The number of hydrogen-bond acceptors (Lipinski definition) is 2. The molecule has 0 saturated heterocycles. The minimum absolute atomic E-state index is 0.0339. The van der Waals surface area contributed by atoms with Crippen LogP contribution in [0.15, 0.2) is 24.3 Å². The molecule has 0 unspecified atom stereocenters. The maximum atomic E-state index is 11.6. The molecule has 1 aromatic carbocycles. The molecule has 0 heterocycles. The van der Waals surface area contributed by atoms with E-state index in [-0.39, 0.29) is 6.03 Å². The predicted octanol–water partition coefficient (Wildman–Crippen LogP) is 2.43. The van der Waals surface area contributed by atoms with Crippen molar-refractivity contribution in [3.05, 3.63) is 29.8 Å². The number of nitrogens with one attached hydrogen (secondary N) is 1. The SMILES string of the molecule is CCN(CC)C(=O)NCCOc1ccccc1C. The van der Waals surface area contributed by atoms with E-state index in [4.69, 9.17) is 4.74 Å². The van der Waals surface area contributed by atoms with Gasteiger partial charge in [0.05, 0.1) is 6.54 Å². The van der Waals surface area contributed by atoms with E-state index >= 15 is 0 Å². The van der Waals surface area contributed by atoms with Crippen molar-refractivity contribution in [1.82, 2.24) is 10.2 Å². The van der Waals surface area contributed by atoms with E-state index < -0.39 is 0 Å². The van der Waals surface area contributed by atoms with Gasteiger partial charge in [0, 0.05) is 13.1 Å². The molecule has 1 rings (SSSR count). The monoisotopic (exact) mass is 250 g/mol. The summed E-state index contributed by atoms with van der Waals surface area (Å²) >= 11 is 0. The van der Waals surface area contributed by atoms with Crippen LogP contribution < -0.4 is 10.1 Å². The number of ether oxygens (including phenoxy) is 1. The first-order chi connectivity index (χ1) is 8.69. The average Bonchev–Trinajstić information content (AvgIpc) is 2.38. The number of carbonyl (C=O) groups is 1. The van der Waals surface area contributed by atoms with Crippen LogP contribution in [0.2, 0.25) is 0 Å². The van der Waals surface area contributed by atoms with Gasteiger partial charge in [-0.1, -0.05) is 18.2 Å². The molecular formula is C14H22N2O2. The highest BCUT2D eigenvalue weighted by atomic mass is 16.5. The maximum Gasteiger partial charge on any atom is 0.317 e. The lowest BCUT2D eigenvalue weighted by atomic mass is 10.2. The molecule has 0 aliphatic rings. The standard InChI is InChI=1S/C14H22N2O2/c1-4-16(5-2)14(17)15-10-11-18-13-9-7-6-8-12(13)3/h6-9H,4-5,10-11H2,1-3H3,(H,15,17). The van der Waals surface area contributed by atoms with Crippen LogP contribution in [0.1, 0.15) is 19.4 Å². The Balaban J connectivity index is 2.27. The highest BCUT2D eigenvalue weighted by molar-refractivity contribution is 5.74. The van der Waals surface area contributed by atoms with Crippen LogP contribution in [0.25, 0.3) is 0 Å². The summed E-state index contributed by atoms with van der Waals surface area (Å²) in [6.07, 6.45) is 0. The van der Waals surface area contributed by atoms with E-state index in [1.807, 2.05) is 45.0 Å². The van der Waals surface area contributed by atoms with Crippen molar-refractivity contribution in [2.45, 2.75) is 20.8 Å². The van der Waals surface area contributed by atoms with Gasteiger partial charge in [0.15, 0.2) is 0 Å². The first kappa shape index (κ1) is 14.4. The van der Waals surface area contributed by atoms with Gasteiger partial charge in [-0.2, -0.15) is 0 Å². The third-order valence-electron chi connectivity index (χ3n) is 2.78. The molecule has 4 heteroatoms. The zero-order valence-corrected chi connectivity index (χ0v) is 11.4. The van der Waals surface area contributed by atoms with Crippen molar-refractivity contribution in [1.29, 1.82) is 0 Å². The van der Waals surface area contributed by atoms with E-state index in [1.54, 1.807) is 4.90 Å². The number of urea groups is 1. The smallest absolute Gasteiger partial charge is 0.317 e. The molecule has 4 nitrogen and oxygen atoms in total. The molecule has 18 heavy (non-hydrogen) atoms. The second kappa shape index (κ2) is 7.58. The average molecular weight is 250 g/mol. The van der Waals surface area contributed by atoms with Crippen LogP contribution in [-0.2, 0) is 0 Å². The van der Waals surface area contributed by atoms with E-state index in [0.29, 0.717) is 13.2 Å². The topological polar surface area (TPSA) is 41.6 Å². The van der Waals surface area contributed by atoms with E-state index in [0.717, 1.165) is 24.4 Å². The van der Waals surface area contributed by atoms with Crippen molar-refractivity contribution >= 4 is 6.03 Å². The Kier molecular flexibility index (Phi) is 6.05. The lowest BCUT2D eigenvalue weighted by Crippen LogP contribution is -2.41. The summed E-state index contributed by atoms with van der Waals surface area (Å²) < 4.78 is 5.60. The molecule has 0 atom stereocenters. The molecule has 0 fully saturated rings. The summed E-state index contributed by atoms with van der Waals surface area (Å²) in [4.78, 5) is 13.4. The lowest BCUT2D eigenvalue weighted by Gasteiger charge is -2.19. The number of nitrogens with zero attached hydrogens (tertiary/aromatic N) is 1. The molecule has 0 aromatic heterocycles. The third kappa shape index (κ3) is 4.28. The zero-order valence-electron chi connectivity index (χ0n) is 11.4. The Morgan fingerprint density at radius 3 is 2.56 bits per heavy atom. The van der Waals surface area contributed by atoms with Crippen LogP contribution >= 0.6 is 0 Å². The van der Waals surface area contributed by atoms with Crippen LogP contribution in [0, 0.1) is 6.92 Å². The van der Waals surface area contributed by atoms with E-state index in [2.05, 4.69) is 5.32 Å². The maximum absolute atomic E-state index is 11.6. The van der Waals surface area contributed by atoms with Gasteiger partial charge in [-0.05, 0) is 32.4 Å². The van der Waals surface area contributed by atoms with Gasteiger partial charge in [0.1, 0.15) is 12.4 Å². The second-order valence-corrected chi connectivity index (χ2v) is 4.02. The fourth-order valence-corrected chi connectivity index (χ4v) is 1.66.